The predicted molar refractivity (Wildman–Crippen MR) is 112 cm³/mol. The van der Waals surface area contributed by atoms with Crippen molar-refractivity contribution in [2.75, 3.05) is 13.7 Å². The number of hydrogen-bond donors (Lipinski definition) is 2. The van der Waals surface area contributed by atoms with Crippen molar-refractivity contribution in [2.24, 2.45) is 0 Å². The number of amides is 1. The summed E-state index contributed by atoms with van der Waals surface area (Å²) in [7, 11) is 1.51. The molecule has 2 N–H and O–H groups in total. The number of carbonyl (C=O) groups is 3. The van der Waals surface area contributed by atoms with Gasteiger partial charge in [-0.1, -0.05) is 24.3 Å². The van der Waals surface area contributed by atoms with Gasteiger partial charge in [-0.2, -0.15) is 0 Å². The van der Waals surface area contributed by atoms with Gasteiger partial charge in [0, 0.05) is 18.0 Å². The number of rotatable bonds is 11. The molecule has 0 fully saturated rings. The van der Waals surface area contributed by atoms with Crippen LogP contribution in [0.3, 0.4) is 0 Å². The van der Waals surface area contributed by atoms with Gasteiger partial charge in [0.1, 0.15) is 11.6 Å². The molecule has 1 amide bonds. The van der Waals surface area contributed by atoms with Crippen LogP contribution < -0.4 is 10.1 Å². The summed E-state index contributed by atoms with van der Waals surface area (Å²) >= 11 is 0. The van der Waals surface area contributed by atoms with Crippen LogP contribution in [0.4, 0.5) is 4.39 Å². The number of nitrogens with one attached hydrogen (secondary N) is 1. The Morgan fingerprint density at radius 3 is 2.42 bits per heavy atom. The second-order valence-electron chi connectivity index (χ2n) is 6.91. The van der Waals surface area contributed by atoms with Crippen LogP contribution in [0.2, 0.25) is 0 Å². The van der Waals surface area contributed by atoms with Crippen molar-refractivity contribution in [1.29, 1.82) is 0 Å². The SMILES string of the molecule is CCOC(=O)C[C@@H](Cc1ccc(-c2cc(F)ccc2OC)cc1)NC(=O)CCC(=O)O. The van der Waals surface area contributed by atoms with Crippen LogP contribution in [0.5, 0.6) is 5.75 Å². The topological polar surface area (TPSA) is 102 Å². The van der Waals surface area contributed by atoms with Crippen LogP contribution >= 0.6 is 0 Å². The second kappa shape index (κ2) is 11.7. The largest absolute Gasteiger partial charge is 0.496 e. The molecule has 0 saturated carbocycles. The van der Waals surface area contributed by atoms with Gasteiger partial charge < -0.3 is 19.9 Å². The first-order valence-corrected chi connectivity index (χ1v) is 9.92. The number of methoxy groups -OCH3 is 1. The first kappa shape index (κ1) is 23.9. The third-order valence-electron chi connectivity index (χ3n) is 4.56. The molecule has 2 rings (SSSR count). The van der Waals surface area contributed by atoms with Crippen LogP contribution in [0.1, 0.15) is 31.7 Å². The van der Waals surface area contributed by atoms with Crippen molar-refractivity contribution in [2.45, 2.75) is 38.6 Å². The highest BCUT2D eigenvalue weighted by molar-refractivity contribution is 5.81. The number of hydrogen-bond acceptors (Lipinski definition) is 5. The Morgan fingerprint density at radius 1 is 1.10 bits per heavy atom. The highest BCUT2D eigenvalue weighted by atomic mass is 19.1. The average Bonchev–Trinajstić information content (AvgIpc) is 2.73. The maximum absolute atomic E-state index is 13.7. The Hall–Kier alpha value is -3.42. The molecule has 0 heterocycles. The predicted octanol–water partition coefficient (Wildman–Crippen LogP) is 3.35. The van der Waals surface area contributed by atoms with E-state index in [-0.39, 0.29) is 31.7 Å². The molecular formula is C23H26FNO6. The quantitative estimate of drug-likeness (QED) is 0.529. The fourth-order valence-corrected chi connectivity index (χ4v) is 3.13. The van der Waals surface area contributed by atoms with Crippen molar-refractivity contribution in [3.8, 4) is 16.9 Å². The lowest BCUT2D eigenvalue weighted by atomic mass is 9.98. The van der Waals surface area contributed by atoms with Crippen molar-refractivity contribution >= 4 is 17.8 Å². The Morgan fingerprint density at radius 2 is 1.81 bits per heavy atom. The summed E-state index contributed by atoms with van der Waals surface area (Å²) in [5.41, 5.74) is 2.21. The van der Waals surface area contributed by atoms with E-state index in [0.717, 1.165) is 11.1 Å². The Labute approximate surface area is 180 Å². The van der Waals surface area contributed by atoms with Crippen LogP contribution in [0.15, 0.2) is 42.5 Å². The molecule has 8 heteroatoms. The average molecular weight is 431 g/mol. The van der Waals surface area contributed by atoms with Crippen LogP contribution in [-0.2, 0) is 25.5 Å². The van der Waals surface area contributed by atoms with Gasteiger partial charge in [0.15, 0.2) is 0 Å². The summed E-state index contributed by atoms with van der Waals surface area (Å²) in [5, 5.41) is 11.4. The molecule has 0 bridgehead atoms. The Kier molecular flexibility index (Phi) is 8.99. The number of halogens is 1. The first-order chi connectivity index (χ1) is 14.8. The van der Waals surface area contributed by atoms with Crippen molar-refractivity contribution in [3.05, 3.63) is 53.8 Å². The van der Waals surface area contributed by atoms with Gasteiger partial charge in [0.05, 0.1) is 26.6 Å². The summed E-state index contributed by atoms with van der Waals surface area (Å²) in [6.45, 7) is 1.92. The van der Waals surface area contributed by atoms with Gasteiger partial charge in [-0.3, -0.25) is 14.4 Å². The van der Waals surface area contributed by atoms with Gasteiger partial charge in [-0.25, -0.2) is 4.39 Å². The Bertz CT molecular complexity index is 913. The van der Waals surface area contributed by atoms with E-state index in [0.29, 0.717) is 17.7 Å². The fraction of sp³-hybridized carbons (Fsp3) is 0.348. The molecule has 166 valence electrons. The number of esters is 1. The van der Waals surface area contributed by atoms with Gasteiger partial charge >= 0.3 is 11.9 Å². The van der Waals surface area contributed by atoms with E-state index in [2.05, 4.69) is 5.32 Å². The van der Waals surface area contributed by atoms with Crippen LogP contribution in [-0.4, -0.2) is 42.7 Å². The molecule has 0 aliphatic carbocycles. The standard InChI is InChI=1S/C23H26FNO6/c1-3-31-23(29)14-18(25-21(26)10-11-22(27)28)12-15-4-6-16(7-5-15)19-13-17(24)8-9-20(19)30-2/h4-9,13,18H,3,10-12,14H2,1-2H3,(H,25,26)(H,27,28)/t18-/m1/s1. The van der Waals surface area contributed by atoms with E-state index in [4.69, 9.17) is 14.6 Å². The molecular weight excluding hydrogens is 405 g/mol. The first-order valence-electron chi connectivity index (χ1n) is 9.92. The molecule has 0 saturated heterocycles. The lowest BCUT2D eigenvalue weighted by Crippen LogP contribution is -2.38. The zero-order valence-corrected chi connectivity index (χ0v) is 17.5. The second-order valence-corrected chi connectivity index (χ2v) is 6.91. The molecule has 0 aromatic heterocycles. The van der Waals surface area contributed by atoms with Gasteiger partial charge in [-0.05, 0) is 42.7 Å². The fourth-order valence-electron chi connectivity index (χ4n) is 3.13. The van der Waals surface area contributed by atoms with Crippen molar-refractivity contribution in [1.82, 2.24) is 5.32 Å². The third kappa shape index (κ3) is 7.73. The van der Waals surface area contributed by atoms with E-state index in [1.54, 1.807) is 25.1 Å². The van der Waals surface area contributed by atoms with E-state index in [9.17, 15) is 18.8 Å². The summed E-state index contributed by atoms with van der Waals surface area (Å²) in [5.74, 6) is -1.80. The monoisotopic (exact) mass is 431 g/mol. The molecule has 7 nitrogen and oxygen atoms in total. The highest BCUT2D eigenvalue weighted by Gasteiger charge is 2.19. The van der Waals surface area contributed by atoms with Crippen molar-refractivity contribution < 1.29 is 33.4 Å². The molecule has 2 aromatic rings. The lowest BCUT2D eigenvalue weighted by molar-refractivity contribution is -0.144. The van der Waals surface area contributed by atoms with E-state index >= 15 is 0 Å². The minimum atomic E-state index is -1.07. The third-order valence-corrected chi connectivity index (χ3v) is 4.56. The smallest absolute Gasteiger partial charge is 0.307 e. The minimum Gasteiger partial charge on any atom is -0.496 e. The normalized spacial score (nSPS) is 11.5. The number of aliphatic carboxylic acids is 1. The lowest BCUT2D eigenvalue weighted by Gasteiger charge is -2.18. The molecule has 0 aliphatic heterocycles. The zero-order valence-electron chi connectivity index (χ0n) is 17.5. The summed E-state index contributed by atoms with van der Waals surface area (Å²) in [4.78, 5) is 34.6. The number of carboxylic acid groups (broad SMARTS) is 1. The van der Waals surface area contributed by atoms with E-state index in [1.165, 1.54) is 19.2 Å². The van der Waals surface area contributed by atoms with Gasteiger partial charge in [-0.15, -0.1) is 0 Å². The van der Waals surface area contributed by atoms with Crippen LogP contribution in [0, 0.1) is 5.82 Å². The summed E-state index contributed by atoms with van der Waals surface area (Å²) < 4.78 is 23.9. The van der Waals surface area contributed by atoms with Crippen molar-refractivity contribution in [3.63, 3.8) is 0 Å². The number of benzene rings is 2. The molecule has 0 radical (unpaired) electrons. The number of carboxylic acids is 1. The number of carbonyl (C=O) groups excluding carboxylic acids is 2. The molecule has 2 aromatic carbocycles. The summed E-state index contributed by atoms with van der Waals surface area (Å²) in [6, 6.07) is 11.0. The molecule has 0 spiro atoms. The Balaban J connectivity index is 2.14. The number of ether oxygens (including phenoxy) is 2. The molecule has 1 atom stereocenters. The van der Waals surface area contributed by atoms with Crippen LogP contribution in [0.25, 0.3) is 11.1 Å². The zero-order chi connectivity index (χ0) is 22.8. The molecule has 0 aliphatic rings. The van der Waals surface area contributed by atoms with E-state index in [1.807, 2.05) is 12.1 Å². The summed E-state index contributed by atoms with van der Waals surface area (Å²) in [6.07, 6.45) is -0.153. The minimum absolute atomic E-state index is 0.0356. The van der Waals surface area contributed by atoms with Gasteiger partial charge in [0.25, 0.3) is 0 Å². The van der Waals surface area contributed by atoms with Gasteiger partial charge in [0.2, 0.25) is 5.91 Å². The molecule has 0 unspecified atom stereocenters. The maximum atomic E-state index is 13.7. The highest BCUT2D eigenvalue weighted by Crippen LogP contribution is 2.30. The van der Waals surface area contributed by atoms with E-state index < -0.39 is 23.9 Å². The molecule has 31 heavy (non-hydrogen) atoms. The maximum Gasteiger partial charge on any atom is 0.307 e.